The van der Waals surface area contributed by atoms with E-state index in [4.69, 9.17) is 0 Å². The standard InChI is InChI=1S/C18H18F3N7O/c19-18(20,21)13-6-14(24-9-11-3-5-23-8-11)28-15(7-13)25-17(27-28)26-16(29)12-2-1-4-22-10-12/h1-2,4,6-7,10-11,23-24H,3,5,8-9H2,(H,26,27,29). The number of pyridine rings is 2. The summed E-state index contributed by atoms with van der Waals surface area (Å²) < 4.78 is 41.2. The minimum Gasteiger partial charge on any atom is -0.370 e. The van der Waals surface area contributed by atoms with E-state index in [1.807, 2.05) is 0 Å². The Balaban J connectivity index is 1.63. The number of aromatic nitrogens is 4. The maximum atomic E-state index is 13.3. The number of amides is 1. The van der Waals surface area contributed by atoms with E-state index in [2.05, 4.69) is 31.0 Å². The molecule has 1 aliphatic heterocycles. The van der Waals surface area contributed by atoms with Gasteiger partial charge in [-0.15, -0.1) is 5.10 Å². The van der Waals surface area contributed by atoms with Crippen LogP contribution in [0.2, 0.25) is 0 Å². The van der Waals surface area contributed by atoms with E-state index in [-0.39, 0.29) is 23.0 Å². The van der Waals surface area contributed by atoms with E-state index in [9.17, 15) is 18.0 Å². The lowest BCUT2D eigenvalue weighted by molar-refractivity contribution is -0.137. The molecule has 4 rings (SSSR count). The first-order valence-electron chi connectivity index (χ1n) is 9.04. The lowest BCUT2D eigenvalue weighted by Gasteiger charge is -2.14. The molecule has 1 saturated heterocycles. The Morgan fingerprint density at radius 3 is 2.90 bits per heavy atom. The average molecular weight is 405 g/mol. The molecule has 0 bridgehead atoms. The highest BCUT2D eigenvalue weighted by molar-refractivity contribution is 6.03. The van der Waals surface area contributed by atoms with Gasteiger partial charge in [0.15, 0.2) is 5.65 Å². The number of hydrogen-bond acceptors (Lipinski definition) is 6. The number of hydrogen-bond donors (Lipinski definition) is 3. The van der Waals surface area contributed by atoms with E-state index < -0.39 is 17.6 Å². The molecular weight excluding hydrogens is 387 g/mol. The second-order valence-corrected chi connectivity index (χ2v) is 6.77. The van der Waals surface area contributed by atoms with Crippen LogP contribution in [0, 0.1) is 5.92 Å². The van der Waals surface area contributed by atoms with Crippen molar-refractivity contribution in [2.24, 2.45) is 5.92 Å². The van der Waals surface area contributed by atoms with E-state index >= 15 is 0 Å². The van der Waals surface area contributed by atoms with Gasteiger partial charge in [0, 0.05) is 18.9 Å². The lowest BCUT2D eigenvalue weighted by atomic mass is 10.1. The summed E-state index contributed by atoms with van der Waals surface area (Å²) in [6.45, 7) is 2.19. The van der Waals surface area contributed by atoms with Gasteiger partial charge in [-0.3, -0.25) is 15.1 Å². The molecule has 11 heteroatoms. The van der Waals surface area contributed by atoms with Crippen molar-refractivity contribution in [2.75, 3.05) is 30.3 Å². The normalized spacial score (nSPS) is 16.9. The summed E-state index contributed by atoms with van der Waals surface area (Å²) in [5.74, 6) is -0.121. The molecular formula is C18H18F3N7O. The summed E-state index contributed by atoms with van der Waals surface area (Å²) in [5.41, 5.74) is -0.572. The Hall–Kier alpha value is -3.21. The largest absolute Gasteiger partial charge is 0.416 e. The van der Waals surface area contributed by atoms with E-state index in [0.29, 0.717) is 12.5 Å². The van der Waals surface area contributed by atoms with Crippen LogP contribution in [0.25, 0.3) is 5.65 Å². The third-order valence-corrected chi connectivity index (χ3v) is 4.65. The third kappa shape index (κ3) is 4.29. The number of nitrogens with one attached hydrogen (secondary N) is 3. The Morgan fingerprint density at radius 2 is 2.21 bits per heavy atom. The molecule has 3 N–H and O–H groups in total. The Labute approximate surface area is 163 Å². The van der Waals surface area contributed by atoms with E-state index in [0.717, 1.165) is 31.6 Å². The van der Waals surface area contributed by atoms with Gasteiger partial charge < -0.3 is 10.6 Å². The minimum atomic E-state index is -4.53. The molecule has 1 aliphatic rings. The Bertz CT molecular complexity index is 1010. The number of anilines is 2. The lowest BCUT2D eigenvalue weighted by Crippen LogP contribution is -2.19. The van der Waals surface area contributed by atoms with Crippen molar-refractivity contribution in [1.82, 2.24) is 24.9 Å². The molecule has 0 radical (unpaired) electrons. The molecule has 1 unspecified atom stereocenters. The SMILES string of the molecule is O=C(Nc1nc2cc(C(F)(F)F)cc(NCC3CCNC3)n2n1)c1cccnc1. The molecule has 3 aromatic rings. The molecule has 1 atom stereocenters. The quantitative estimate of drug-likeness (QED) is 0.603. The van der Waals surface area contributed by atoms with Crippen LogP contribution in [-0.2, 0) is 6.18 Å². The second kappa shape index (κ2) is 7.66. The molecule has 0 spiro atoms. The summed E-state index contributed by atoms with van der Waals surface area (Å²) in [7, 11) is 0. The molecule has 0 aromatic carbocycles. The highest BCUT2D eigenvalue weighted by Gasteiger charge is 2.32. The van der Waals surface area contributed by atoms with Crippen LogP contribution < -0.4 is 16.0 Å². The maximum absolute atomic E-state index is 13.3. The molecule has 1 amide bonds. The molecule has 29 heavy (non-hydrogen) atoms. The highest BCUT2D eigenvalue weighted by Crippen LogP contribution is 2.32. The van der Waals surface area contributed by atoms with Gasteiger partial charge in [-0.05, 0) is 49.7 Å². The first kappa shape index (κ1) is 19.1. The number of halogens is 3. The zero-order chi connectivity index (χ0) is 20.4. The fraction of sp³-hybridized carbons (Fsp3) is 0.333. The van der Waals surface area contributed by atoms with Crippen LogP contribution in [0.15, 0.2) is 36.7 Å². The molecule has 4 heterocycles. The zero-order valence-corrected chi connectivity index (χ0v) is 15.2. The van der Waals surface area contributed by atoms with Crippen molar-refractivity contribution in [1.29, 1.82) is 0 Å². The predicted octanol–water partition coefficient (Wildman–Crippen LogP) is 2.42. The number of alkyl halides is 3. The summed E-state index contributed by atoms with van der Waals surface area (Å²) in [4.78, 5) is 20.2. The summed E-state index contributed by atoms with van der Waals surface area (Å²) in [6.07, 6.45) is -0.691. The highest BCUT2D eigenvalue weighted by atomic mass is 19.4. The van der Waals surface area contributed by atoms with Gasteiger partial charge in [-0.1, -0.05) is 0 Å². The predicted molar refractivity (Wildman–Crippen MR) is 99.6 cm³/mol. The van der Waals surface area contributed by atoms with Crippen molar-refractivity contribution in [3.63, 3.8) is 0 Å². The number of rotatable bonds is 5. The molecule has 1 fully saturated rings. The van der Waals surface area contributed by atoms with Crippen LogP contribution in [-0.4, -0.2) is 45.1 Å². The average Bonchev–Trinajstić information content (AvgIpc) is 3.35. The van der Waals surface area contributed by atoms with Gasteiger partial charge in [0.1, 0.15) is 5.82 Å². The number of nitrogens with zero attached hydrogens (tertiary/aromatic N) is 4. The van der Waals surface area contributed by atoms with Crippen molar-refractivity contribution in [3.05, 3.63) is 47.8 Å². The van der Waals surface area contributed by atoms with Crippen LogP contribution >= 0.6 is 0 Å². The Kier molecular flexibility index (Phi) is 5.05. The van der Waals surface area contributed by atoms with Gasteiger partial charge in [0.2, 0.25) is 5.95 Å². The third-order valence-electron chi connectivity index (χ3n) is 4.65. The monoisotopic (exact) mass is 405 g/mol. The molecule has 0 aliphatic carbocycles. The Morgan fingerprint density at radius 1 is 1.34 bits per heavy atom. The van der Waals surface area contributed by atoms with Crippen molar-refractivity contribution in [3.8, 4) is 0 Å². The van der Waals surface area contributed by atoms with Gasteiger partial charge in [0.05, 0.1) is 11.1 Å². The fourth-order valence-electron chi connectivity index (χ4n) is 3.13. The van der Waals surface area contributed by atoms with Gasteiger partial charge in [-0.25, -0.2) is 0 Å². The summed E-state index contributed by atoms with van der Waals surface area (Å²) in [6, 6.07) is 5.05. The van der Waals surface area contributed by atoms with Crippen LogP contribution in [0.5, 0.6) is 0 Å². The summed E-state index contributed by atoms with van der Waals surface area (Å²) in [5, 5.41) is 12.9. The number of carbonyl (C=O) groups is 1. The minimum absolute atomic E-state index is 0.0200. The van der Waals surface area contributed by atoms with Gasteiger partial charge in [0.25, 0.3) is 5.91 Å². The van der Waals surface area contributed by atoms with Crippen molar-refractivity contribution in [2.45, 2.75) is 12.6 Å². The number of fused-ring (bicyclic) bond motifs is 1. The fourth-order valence-corrected chi connectivity index (χ4v) is 3.13. The topological polar surface area (TPSA) is 96.2 Å². The zero-order valence-electron chi connectivity index (χ0n) is 15.2. The number of carbonyl (C=O) groups excluding carboxylic acids is 1. The van der Waals surface area contributed by atoms with Crippen LogP contribution in [0.3, 0.4) is 0 Å². The van der Waals surface area contributed by atoms with Gasteiger partial charge >= 0.3 is 6.18 Å². The first-order chi connectivity index (χ1) is 13.9. The maximum Gasteiger partial charge on any atom is 0.416 e. The van der Waals surface area contributed by atoms with Crippen LogP contribution in [0.4, 0.5) is 24.9 Å². The molecule has 3 aromatic heterocycles. The van der Waals surface area contributed by atoms with Crippen molar-refractivity contribution >= 4 is 23.3 Å². The first-order valence-corrected chi connectivity index (χ1v) is 9.04. The summed E-state index contributed by atoms with van der Waals surface area (Å²) >= 11 is 0. The molecule has 152 valence electrons. The van der Waals surface area contributed by atoms with Crippen LogP contribution in [0.1, 0.15) is 22.3 Å². The smallest absolute Gasteiger partial charge is 0.370 e. The molecule has 0 saturated carbocycles. The van der Waals surface area contributed by atoms with E-state index in [1.54, 1.807) is 12.1 Å². The van der Waals surface area contributed by atoms with E-state index in [1.165, 1.54) is 16.9 Å². The van der Waals surface area contributed by atoms with Crippen molar-refractivity contribution < 1.29 is 18.0 Å². The second-order valence-electron chi connectivity index (χ2n) is 6.77. The van der Waals surface area contributed by atoms with Gasteiger partial charge in [-0.2, -0.15) is 22.7 Å². The molecule has 8 nitrogen and oxygen atoms in total.